The van der Waals surface area contributed by atoms with E-state index in [0.717, 1.165) is 0 Å². The van der Waals surface area contributed by atoms with Gasteiger partial charge in [-0.3, -0.25) is 0 Å². The molecule has 1 heterocycles. The van der Waals surface area contributed by atoms with E-state index in [2.05, 4.69) is 20.8 Å². The molecule has 0 amide bonds. The molecule has 1 rings (SSSR count). The van der Waals surface area contributed by atoms with Gasteiger partial charge in [-0.15, -0.1) is 0 Å². The molecule has 5 heteroatoms. The Balaban J connectivity index is 2.36. The summed E-state index contributed by atoms with van der Waals surface area (Å²) in [6.45, 7) is 12.8. The zero-order valence-corrected chi connectivity index (χ0v) is 13.2. The first-order chi connectivity index (χ1) is 9.65. The van der Waals surface area contributed by atoms with Crippen molar-refractivity contribution in [3.8, 4) is 0 Å². The average molecular weight is 290 g/mol. The van der Waals surface area contributed by atoms with Gasteiger partial charge in [0, 0.05) is 5.41 Å². The van der Waals surface area contributed by atoms with Crippen LogP contribution in [0.3, 0.4) is 0 Å². The molecular formula is C15H30O5. The Bertz CT molecular complexity index is 216. The smallest absolute Gasteiger partial charge is 0.0701 e. The number of rotatable bonds is 1. The second-order valence-corrected chi connectivity index (χ2v) is 5.75. The minimum absolute atomic E-state index is 0.0280. The van der Waals surface area contributed by atoms with E-state index in [0.29, 0.717) is 72.0 Å². The van der Waals surface area contributed by atoms with Crippen LogP contribution >= 0.6 is 0 Å². The van der Waals surface area contributed by atoms with Crippen molar-refractivity contribution in [2.24, 2.45) is 11.3 Å². The molecule has 1 saturated heterocycles. The van der Waals surface area contributed by atoms with E-state index in [9.17, 15) is 0 Å². The van der Waals surface area contributed by atoms with E-state index < -0.39 is 0 Å². The van der Waals surface area contributed by atoms with Gasteiger partial charge in [-0.2, -0.15) is 0 Å². The van der Waals surface area contributed by atoms with Gasteiger partial charge < -0.3 is 23.7 Å². The molecule has 1 aliphatic rings. The maximum Gasteiger partial charge on any atom is 0.0701 e. The normalized spacial score (nSPS) is 24.6. The van der Waals surface area contributed by atoms with Gasteiger partial charge in [-0.1, -0.05) is 20.8 Å². The summed E-state index contributed by atoms with van der Waals surface area (Å²) in [7, 11) is 0. The fourth-order valence-electron chi connectivity index (χ4n) is 1.76. The SMILES string of the molecule is CC(C)C1(C)COCCOCCOCCOCCOC1. The number of hydrogen-bond donors (Lipinski definition) is 0. The third kappa shape index (κ3) is 7.55. The summed E-state index contributed by atoms with van der Waals surface area (Å²) in [6.07, 6.45) is 0. The van der Waals surface area contributed by atoms with E-state index in [1.54, 1.807) is 0 Å². The fraction of sp³-hybridized carbons (Fsp3) is 1.00. The van der Waals surface area contributed by atoms with Crippen molar-refractivity contribution < 1.29 is 23.7 Å². The molecule has 0 saturated carbocycles. The lowest BCUT2D eigenvalue weighted by Gasteiger charge is -2.33. The maximum absolute atomic E-state index is 5.73. The number of hydrogen-bond acceptors (Lipinski definition) is 5. The highest BCUT2D eigenvalue weighted by Crippen LogP contribution is 2.27. The van der Waals surface area contributed by atoms with Crippen LogP contribution < -0.4 is 0 Å². The summed E-state index contributed by atoms with van der Waals surface area (Å²) in [5, 5.41) is 0. The topological polar surface area (TPSA) is 46.2 Å². The third-order valence-electron chi connectivity index (χ3n) is 3.75. The molecule has 0 aromatic carbocycles. The third-order valence-corrected chi connectivity index (χ3v) is 3.75. The first kappa shape index (κ1) is 17.9. The molecule has 0 N–H and O–H groups in total. The molecule has 5 nitrogen and oxygen atoms in total. The molecule has 0 unspecified atom stereocenters. The average Bonchev–Trinajstić information content (AvgIpc) is 2.41. The highest BCUT2D eigenvalue weighted by molar-refractivity contribution is 4.77. The standard InChI is InChI=1S/C15H30O5/c1-14(2)15(3)12-19-10-8-17-6-4-16-5-7-18-9-11-20-13-15/h14H,4-13H2,1-3H3. The van der Waals surface area contributed by atoms with Crippen molar-refractivity contribution in [3.63, 3.8) is 0 Å². The van der Waals surface area contributed by atoms with Crippen LogP contribution in [0.5, 0.6) is 0 Å². The van der Waals surface area contributed by atoms with E-state index in [4.69, 9.17) is 23.7 Å². The Morgan fingerprint density at radius 1 is 0.600 bits per heavy atom. The summed E-state index contributed by atoms with van der Waals surface area (Å²) < 4.78 is 27.7. The van der Waals surface area contributed by atoms with Gasteiger partial charge in [0.05, 0.1) is 66.1 Å². The van der Waals surface area contributed by atoms with Crippen molar-refractivity contribution in [2.75, 3.05) is 66.1 Å². The fourth-order valence-corrected chi connectivity index (χ4v) is 1.76. The maximum atomic E-state index is 5.73. The quantitative estimate of drug-likeness (QED) is 0.736. The van der Waals surface area contributed by atoms with E-state index in [1.165, 1.54) is 0 Å². The zero-order chi connectivity index (χ0) is 14.7. The molecule has 0 aromatic rings. The second kappa shape index (κ2) is 10.5. The van der Waals surface area contributed by atoms with E-state index in [-0.39, 0.29) is 5.41 Å². The molecular weight excluding hydrogens is 260 g/mol. The Morgan fingerprint density at radius 3 is 1.20 bits per heavy atom. The predicted molar refractivity (Wildman–Crippen MR) is 77.0 cm³/mol. The van der Waals surface area contributed by atoms with Gasteiger partial charge in [-0.05, 0) is 5.92 Å². The van der Waals surface area contributed by atoms with Crippen molar-refractivity contribution >= 4 is 0 Å². The summed E-state index contributed by atoms with van der Waals surface area (Å²) in [5.41, 5.74) is 0.0280. The zero-order valence-electron chi connectivity index (χ0n) is 13.2. The van der Waals surface area contributed by atoms with Gasteiger partial charge >= 0.3 is 0 Å². The molecule has 120 valence electrons. The minimum Gasteiger partial charge on any atom is -0.378 e. The molecule has 0 aromatic heterocycles. The van der Waals surface area contributed by atoms with Crippen molar-refractivity contribution in [3.05, 3.63) is 0 Å². The Kier molecular flexibility index (Phi) is 9.39. The van der Waals surface area contributed by atoms with Gasteiger partial charge in [-0.25, -0.2) is 0 Å². The molecule has 0 radical (unpaired) electrons. The lowest BCUT2D eigenvalue weighted by atomic mass is 9.81. The first-order valence-corrected chi connectivity index (χ1v) is 7.54. The molecule has 1 fully saturated rings. The number of ether oxygens (including phenoxy) is 5. The highest BCUT2D eigenvalue weighted by atomic mass is 16.6. The van der Waals surface area contributed by atoms with Gasteiger partial charge in [0.25, 0.3) is 0 Å². The summed E-state index contributed by atoms with van der Waals surface area (Å²) in [5.74, 6) is 0.497. The lowest BCUT2D eigenvalue weighted by Crippen LogP contribution is -2.35. The second-order valence-electron chi connectivity index (χ2n) is 5.75. The Morgan fingerprint density at radius 2 is 0.900 bits per heavy atom. The van der Waals surface area contributed by atoms with Crippen molar-refractivity contribution in [1.82, 2.24) is 0 Å². The van der Waals surface area contributed by atoms with Crippen LogP contribution in [0.4, 0.5) is 0 Å². The van der Waals surface area contributed by atoms with E-state index in [1.807, 2.05) is 0 Å². The largest absolute Gasteiger partial charge is 0.378 e. The van der Waals surface area contributed by atoms with Gasteiger partial charge in [0.1, 0.15) is 0 Å². The Labute approximate surface area is 122 Å². The van der Waals surface area contributed by atoms with Crippen molar-refractivity contribution in [2.45, 2.75) is 20.8 Å². The molecule has 0 aliphatic carbocycles. The van der Waals surface area contributed by atoms with Crippen LogP contribution in [0.25, 0.3) is 0 Å². The molecule has 0 bridgehead atoms. The van der Waals surface area contributed by atoms with Crippen LogP contribution in [-0.4, -0.2) is 66.1 Å². The molecule has 0 spiro atoms. The summed E-state index contributed by atoms with van der Waals surface area (Å²) >= 11 is 0. The van der Waals surface area contributed by atoms with Crippen molar-refractivity contribution in [1.29, 1.82) is 0 Å². The Hall–Kier alpha value is -0.200. The molecule has 20 heavy (non-hydrogen) atoms. The monoisotopic (exact) mass is 290 g/mol. The van der Waals surface area contributed by atoms with Gasteiger partial charge in [0.2, 0.25) is 0 Å². The lowest BCUT2D eigenvalue weighted by molar-refractivity contribution is -0.0688. The predicted octanol–water partition coefficient (Wildman–Crippen LogP) is 1.75. The van der Waals surface area contributed by atoms with E-state index >= 15 is 0 Å². The van der Waals surface area contributed by atoms with Crippen LogP contribution in [0.1, 0.15) is 20.8 Å². The first-order valence-electron chi connectivity index (χ1n) is 7.54. The molecule has 0 atom stereocenters. The molecule has 1 aliphatic heterocycles. The van der Waals surface area contributed by atoms with Crippen LogP contribution in [0.2, 0.25) is 0 Å². The van der Waals surface area contributed by atoms with Crippen LogP contribution in [0.15, 0.2) is 0 Å². The van der Waals surface area contributed by atoms with Gasteiger partial charge in [0.15, 0.2) is 0 Å². The summed E-state index contributed by atoms with van der Waals surface area (Å²) in [6, 6.07) is 0. The minimum atomic E-state index is 0.0280. The van der Waals surface area contributed by atoms with Crippen LogP contribution in [-0.2, 0) is 23.7 Å². The van der Waals surface area contributed by atoms with Crippen LogP contribution in [0, 0.1) is 11.3 Å². The highest BCUT2D eigenvalue weighted by Gasteiger charge is 2.29. The summed E-state index contributed by atoms with van der Waals surface area (Å²) in [4.78, 5) is 0.